The van der Waals surface area contributed by atoms with Crippen LogP contribution in [-0.4, -0.2) is 38.0 Å². The van der Waals surface area contributed by atoms with E-state index in [-0.39, 0.29) is 11.7 Å². The van der Waals surface area contributed by atoms with Gasteiger partial charge in [-0.05, 0) is 49.7 Å². The van der Waals surface area contributed by atoms with Crippen LogP contribution in [0.3, 0.4) is 0 Å². The Hall–Kier alpha value is -2.84. The van der Waals surface area contributed by atoms with Gasteiger partial charge < -0.3 is 14.3 Å². The van der Waals surface area contributed by atoms with Crippen molar-refractivity contribution >= 4 is 40.3 Å². The number of imidazole rings is 1. The van der Waals surface area contributed by atoms with E-state index >= 15 is 0 Å². The summed E-state index contributed by atoms with van der Waals surface area (Å²) in [7, 11) is 0. The van der Waals surface area contributed by atoms with Crippen LogP contribution in [0.25, 0.3) is 22.5 Å². The van der Waals surface area contributed by atoms with E-state index in [2.05, 4.69) is 31.1 Å². The highest BCUT2D eigenvalue weighted by molar-refractivity contribution is 7.99. The fourth-order valence-corrected chi connectivity index (χ4v) is 3.82. The van der Waals surface area contributed by atoms with Gasteiger partial charge in [-0.2, -0.15) is 0 Å². The molecule has 0 fully saturated rings. The molecule has 1 amide bonds. The van der Waals surface area contributed by atoms with Crippen LogP contribution in [0.1, 0.15) is 12.2 Å². The molecule has 30 heavy (non-hydrogen) atoms. The maximum absolute atomic E-state index is 12.1. The molecule has 4 aromatic rings. The second kappa shape index (κ2) is 9.32. The van der Waals surface area contributed by atoms with Crippen LogP contribution in [0.5, 0.6) is 0 Å². The van der Waals surface area contributed by atoms with Gasteiger partial charge in [0.15, 0.2) is 0 Å². The van der Waals surface area contributed by atoms with Crippen molar-refractivity contribution in [1.82, 2.24) is 25.1 Å². The molecule has 0 aliphatic heterocycles. The van der Waals surface area contributed by atoms with E-state index in [1.165, 1.54) is 11.8 Å². The number of hydrogen-bond acceptors (Lipinski definition) is 6. The van der Waals surface area contributed by atoms with Crippen molar-refractivity contribution in [3.05, 3.63) is 59.4 Å². The normalized spacial score (nSPS) is 11.1. The molecule has 9 heteroatoms. The van der Waals surface area contributed by atoms with Gasteiger partial charge in [-0.25, -0.2) is 4.98 Å². The van der Waals surface area contributed by atoms with E-state index in [0.29, 0.717) is 22.7 Å². The zero-order valence-electron chi connectivity index (χ0n) is 16.3. The highest BCUT2D eigenvalue weighted by Crippen LogP contribution is 2.24. The zero-order valence-corrected chi connectivity index (χ0v) is 17.9. The molecule has 0 saturated heterocycles. The molecule has 0 aliphatic carbocycles. The van der Waals surface area contributed by atoms with Crippen LogP contribution >= 0.6 is 23.4 Å². The first kappa shape index (κ1) is 20.4. The first-order valence-corrected chi connectivity index (χ1v) is 10.9. The molecule has 2 aromatic heterocycles. The van der Waals surface area contributed by atoms with Crippen molar-refractivity contribution < 1.29 is 9.21 Å². The topological polar surface area (TPSA) is 85.8 Å². The lowest BCUT2D eigenvalue weighted by molar-refractivity contribution is -0.118. The predicted molar refractivity (Wildman–Crippen MR) is 118 cm³/mol. The van der Waals surface area contributed by atoms with Crippen molar-refractivity contribution in [2.75, 3.05) is 12.3 Å². The first-order valence-electron chi connectivity index (χ1n) is 9.51. The summed E-state index contributed by atoms with van der Waals surface area (Å²) in [5, 5.41) is 11.9. The summed E-state index contributed by atoms with van der Waals surface area (Å²) in [4.78, 5) is 16.7. The number of carbonyl (C=O) groups is 1. The summed E-state index contributed by atoms with van der Waals surface area (Å²) >= 11 is 7.10. The van der Waals surface area contributed by atoms with Crippen molar-refractivity contribution in [3.8, 4) is 11.5 Å². The fraction of sp³-hybridized carbons (Fsp3) is 0.238. The van der Waals surface area contributed by atoms with E-state index in [0.717, 1.165) is 35.4 Å². The van der Waals surface area contributed by atoms with Gasteiger partial charge in [0.05, 0.1) is 16.8 Å². The van der Waals surface area contributed by atoms with Crippen LogP contribution in [0.2, 0.25) is 5.02 Å². The molecule has 0 atom stereocenters. The number of nitrogens with zero attached hydrogens (tertiary/aromatic N) is 4. The number of para-hydroxylation sites is 2. The van der Waals surface area contributed by atoms with Gasteiger partial charge in [-0.1, -0.05) is 35.5 Å². The average Bonchev–Trinajstić information content (AvgIpc) is 3.34. The molecule has 0 bridgehead atoms. The molecule has 154 valence electrons. The number of nitrogens with one attached hydrogen (secondary N) is 1. The highest BCUT2D eigenvalue weighted by Gasteiger charge is 2.11. The smallest absolute Gasteiger partial charge is 0.277 e. The third kappa shape index (κ3) is 4.83. The zero-order chi connectivity index (χ0) is 20.9. The number of carbonyl (C=O) groups excluding carboxylic acids is 1. The molecule has 2 heterocycles. The number of fused-ring (bicyclic) bond motifs is 1. The number of aromatic nitrogens is 4. The molecular weight excluding hydrogens is 422 g/mol. The third-order valence-electron chi connectivity index (χ3n) is 4.55. The largest absolute Gasteiger partial charge is 0.411 e. The minimum atomic E-state index is -0.0709. The van der Waals surface area contributed by atoms with Gasteiger partial charge in [0.25, 0.3) is 5.22 Å². The van der Waals surface area contributed by atoms with E-state index in [1.54, 1.807) is 12.1 Å². The fourth-order valence-electron chi connectivity index (χ4n) is 3.10. The number of hydrogen-bond donors (Lipinski definition) is 1. The number of aryl methyl sites for hydroxylation is 2. The molecule has 1 N–H and O–H groups in total. The number of thioether (sulfide) groups is 1. The average molecular weight is 442 g/mol. The summed E-state index contributed by atoms with van der Waals surface area (Å²) in [5.74, 6) is 1.52. The van der Waals surface area contributed by atoms with Crippen molar-refractivity contribution in [1.29, 1.82) is 0 Å². The quantitative estimate of drug-likeness (QED) is 0.323. The van der Waals surface area contributed by atoms with Crippen molar-refractivity contribution in [3.63, 3.8) is 0 Å². The van der Waals surface area contributed by atoms with E-state index < -0.39 is 0 Å². The summed E-state index contributed by atoms with van der Waals surface area (Å²) in [6, 6.07) is 15.2. The van der Waals surface area contributed by atoms with Crippen LogP contribution in [-0.2, 0) is 11.3 Å². The Morgan fingerprint density at radius 2 is 1.97 bits per heavy atom. The number of rotatable bonds is 8. The lowest BCUT2D eigenvalue weighted by Crippen LogP contribution is -2.26. The Morgan fingerprint density at radius 3 is 2.80 bits per heavy atom. The van der Waals surface area contributed by atoms with Crippen LogP contribution < -0.4 is 5.32 Å². The molecule has 7 nitrogen and oxygen atoms in total. The molecule has 2 aromatic carbocycles. The summed E-state index contributed by atoms with van der Waals surface area (Å²) in [6.45, 7) is 3.39. The summed E-state index contributed by atoms with van der Waals surface area (Å²) in [5.41, 5.74) is 2.89. The lowest BCUT2D eigenvalue weighted by Gasteiger charge is -2.08. The third-order valence-corrected chi connectivity index (χ3v) is 5.62. The number of benzene rings is 2. The maximum atomic E-state index is 12.1. The minimum Gasteiger partial charge on any atom is -0.411 e. The van der Waals surface area contributed by atoms with Gasteiger partial charge in [-0.3, -0.25) is 4.79 Å². The van der Waals surface area contributed by atoms with Crippen molar-refractivity contribution in [2.45, 2.75) is 25.1 Å². The van der Waals surface area contributed by atoms with Gasteiger partial charge in [-0.15, -0.1) is 10.2 Å². The van der Waals surface area contributed by atoms with E-state index in [1.807, 2.05) is 37.3 Å². The van der Waals surface area contributed by atoms with Crippen LogP contribution in [0, 0.1) is 6.92 Å². The van der Waals surface area contributed by atoms with Gasteiger partial charge in [0.1, 0.15) is 5.82 Å². The molecule has 0 aliphatic rings. The molecule has 0 radical (unpaired) electrons. The standard InChI is InChI=1S/C21H20ClN5O2S/c1-14-24-17-5-2-3-6-18(17)27(14)12-4-11-23-19(28)13-30-21-26-25-20(29-21)15-7-9-16(22)10-8-15/h2-3,5-10H,4,11-13H2,1H3,(H,23,28). The Balaban J connectivity index is 1.22. The Labute approximate surface area is 182 Å². The van der Waals surface area contributed by atoms with E-state index in [4.69, 9.17) is 16.0 Å². The van der Waals surface area contributed by atoms with Crippen LogP contribution in [0.4, 0.5) is 0 Å². The molecule has 0 unspecified atom stereocenters. The summed E-state index contributed by atoms with van der Waals surface area (Å²) in [6.07, 6.45) is 0.818. The van der Waals surface area contributed by atoms with Gasteiger partial charge in [0, 0.05) is 23.7 Å². The maximum Gasteiger partial charge on any atom is 0.277 e. The highest BCUT2D eigenvalue weighted by atomic mass is 35.5. The number of amides is 1. The monoisotopic (exact) mass is 441 g/mol. The second-order valence-electron chi connectivity index (χ2n) is 6.67. The van der Waals surface area contributed by atoms with Crippen LogP contribution in [0.15, 0.2) is 58.2 Å². The van der Waals surface area contributed by atoms with E-state index in [9.17, 15) is 4.79 Å². The van der Waals surface area contributed by atoms with Crippen molar-refractivity contribution in [2.24, 2.45) is 0 Å². The van der Waals surface area contributed by atoms with Gasteiger partial charge >= 0.3 is 0 Å². The second-order valence-corrected chi connectivity index (χ2v) is 8.03. The molecule has 0 saturated carbocycles. The first-order chi connectivity index (χ1) is 14.6. The lowest BCUT2D eigenvalue weighted by atomic mass is 10.2. The van der Waals surface area contributed by atoms with Gasteiger partial charge in [0.2, 0.25) is 11.8 Å². The number of halogens is 1. The molecule has 4 rings (SSSR count). The summed E-state index contributed by atoms with van der Waals surface area (Å²) < 4.78 is 7.77. The molecular formula is C21H20ClN5O2S. The Bertz CT molecular complexity index is 1160. The molecule has 0 spiro atoms. The Morgan fingerprint density at radius 1 is 1.17 bits per heavy atom. The Kier molecular flexibility index (Phi) is 6.35. The predicted octanol–water partition coefficient (Wildman–Crippen LogP) is 4.35. The minimum absolute atomic E-state index is 0.0709. The SMILES string of the molecule is Cc1nc2ccccc2n1CCCNC(=O)CSc1nnc(-c2ccc(Cl)cc2)o1.